The normalized spacial score (nSPS) is 11.8. The van der Waals surface area contributed by atoms with E-state index in [1.807, 2.05) is 0 Å². The van der Waals surface area contributed by atoms with Crippen LogP contribution >= 0.6 is 11.6 Å². The number of aliphatic hydroxyl groups is 1. The molecule has 1 atom stereocenters. The number of nitrogens with zero attached hydrogens (tertiary/aromatic N) is 1. The fourth-order valence-corrected chi connectivity index (χ4v) is 1.71. The number of carbonyl (C=O) groups is 2. The molecule has 0 aromatic heterocycles. The number of halogens is 1. The molecule has 0 saturated carbocycles. The number of aliphatic hydroxyl groups excluding tert-OH is 1. The quantitative estimate of drug-likeness (QED) is 0.739. The number of carbonyl (C=O) groups excluding carboxylic acids is 1. The van der Waals surface area contributed by atoms with Gasteiger partial charge < -0.3 is 20.4 Å². The highest BCUT2D eigenvalue weighted by molar-refractivity contribution is 6.30. The topological polar surface area (TPSA) is 89.9 Å². The molecule has 1 aromatic rings. The van der Waals surface area contributed by atoms with Gasteiger partial charge in [-0.15, -0.1) is 0 Å². The highest BCUT2D eigenvalue weighted by Gasteiger charge is 2.21. The maximum absolute atomic E-state index is 11.8. The van der Waals surface area contributed by atoms with Crippen LogP contribution in [-0.2, 0) is 11.3 Å². The van der Waals surface area contributed by atoms with Crippen molar-refractivity contribution in [2.24, 2.45) is 0 Å². The Morgan fingerprint density at radius 3 is 2.45 bits per heavy atom. The number of hydrogen-bond donors (Lipinski definition) is 3. The van der Waals surface area contributed by atoms with Crippen molar-refractivity contribution in [1.29, 1.82) is 0 Å². The average molecular weight is 301 g/mol. The Bertz CT molecular complexity index is 464. The van der Waals surface area contributed by atoms with E-state index in [1.54, 1.807) is 31.3 Å². The summed E-state index contributed by atoms with van der Waals surface area (Å²) in [6.45, 7) is 0.0204. The maximum Gasteiger partial charge on any atom is 0.326 e. The Kier molecular flexibility index (Phi) is 6.27. The molecule has 7 heteroatoms. The molecule has 1 rings (SSSR count). The van der Waals surface area contributed by atoms with Crippen molar-refractivity contribution in [3.63, 3.8) is 0 Å². The summed E-state index contributed by atoms with van der Waals surface area (Å²) in [5.41, 5.74) is 0.876. The molecule has 2 amide bonds. The fourth-order valence-electron chi connectivity index (χ4n) is 1.58. The Morgan fingerprint density at radius 1 is 1.35 bits per heavy atom. The first-order valence-corrected chi connectivity index (χ1v) is 6.41. The molecular formula is C13H17ClN2O4. The summed E-state index contributed by atoms with van der Waals surface area (Å²) in [5.74, 6) is -1.17. The molecule has 0 aliphatic rings. The van der Waals surface area contributed by atoms with Gasteiger partial charge in [0.15, 0.2) is 0 Å². The first-order chi connectivity index (χ1) is 9.43. The largest absolute Gasteiger partial charge is 0.480 e. The van der Waals surface area contributed by atoms with E-state index in [0.29, 0.717) is 11.6 Å². The molecule has 0 radical (unpaired) electrons. The van der Waals surface area contributed by atoms with Crippen molar-refractivity contribution in [3.05, 3.63) is 34.9 Å². The zero-order chi connectivity index (χ0) is 15.1. The summed E-state index contributed by atoms with van der Waals surface area (Å²) in [6, 6.07) is 5.40. The van der Waals surface area contributed by atoms with Gasteiger partial charge in [0.25, 0.3) is 0 Å². The zero-order valence-corrected chi connectivity index (χ0v) is 11.8. The summed E-state index contributed by atoms with van der Waals surface area (Å²) < 4.78 is 0. The van der Waals surface area contributed by atoms with Gasteiger partial charge in [-0.2, -0.15) is 0 Å². The van der Waals surface area contributed by atoms with E-state index >= 15 is 0 Å². The second kappa shape index (κ2) is 7.72. The molecule has 0 heterocycles. The predicted octanol–water partition coefficient (Wildman–Crippen LogP) is 1.32. The molecule has 3 N–H and O–H groups in total. The number of hydrogen-bond acceptors (Lipinski definition) is 3. The molecule has 6 nitrogen and oxygen atoms in total. The standard InChI is InChI=1S/C13H17ClN2O4/c1-16(8-9-2-4-10(14)5-3-9)13(20)15-11(6-7-17)12(18)19/h2-5,11,17H,6-8H2,1H3,(H,15,20)(H,18,19)/t11-/m0/s1. The summed E-state index contributed by atoms with van der Waals surface area (Å²) in [5, 5.41) is 20.6. The van der Waals surface area contributed by atoms with Gasteiger partial charge in [-0.25, -0.2) is 9.59 Å². The van der Waals surface area contributed by atoms with Crippen molar-refractivity contribution in [2.75, 3.05) is 13.7 Å². The minimum absolute atomic E-state index is 0.0319. The van der Waals surface area contributed by atoms with Crippen LogP contribution in [0.4, 0.5) is 4.79 Å². The van der Waals surface area contributed by atoms with E-state index in [4.69, 9.17) is 21.8 Å². The Balaban J connectivity index is 2.57. The van der Waals surface area contributed by atoms with E-state index in [9.17, 15) is 9.59 Å². The van der Waals surface area contributed by atoms with Crippen molar-refractivity contribution >= 4 is 23.6 Å². The summed E-state index contributed by atoms with van der Waals surface area (Å²) in [4.78, 5) is 24.1. The van der Waals surface area contributed by atoms with Gasteiger partial charge in [0.2, 0.25) is 0 Å². The van der Waals surface area contributed by atoms with Crippen molar-refractivity contribution < 1.29 is 19.8 Å². The highest BCUT2D eigenvalue weighted by Crippen LogP contribution is 2.11. The number of benzene rings is 1. The molecule has 0 fully saturated rings. The number of rotatable bonds is 6. The second-order valence-corrected chi connectivity index (χ2v) is 4.77. The number of urea groups is 1. The van der Waals surface area contributed by atoms with Crippen LogP contribution in [0.5, 0.6) is 0 Å². The lowest BCUT2D eigenvalue weighted by molar-refractivity contribution is -0.139. The van der Waals surface area contributed by atoms with Gasteiger partial charge in [0.1, 0.15) is 6.04 Å². The van der Waals surface area contributed by atoms with Gasteiger partial charge in [0, 0.05) is 31.6 Å². The SMILES string of the molecule is CN(Cc1ccc(Cl)cc1)C(=O)N[C@@H](CCO)C(=O)O. The van der Waals surface area contributed by atoms with Gasteiger partial charge in [0.05, 0.1) is 0 Å². The molecule has 0 saturated heterocycles. The predicted molar refractivity (Wildman–Crippen MR) is 74.6 cm³/mol. The van der Waals surface area contributed by atoms with Gasteiger partial charge in [-0.3, -0.25) is 0 Å². The Labute approximate surface area is 122 Å². The smallest absolute Gasteiger partial charge is 0.326 e. The van der Waals surface area contributed by atoms with Crippen LogP contribution < -0.4 is 5.32 Å². The number of amides is 2. The Morgan fingerprint density at radius 2 is 1.95 bits per heavy atom. The minimum atomic E-state index is -1.17. The molecule has 0 spiro atoms. The first kappa shape index (κ1) is 16.3. The summed E-state index contributed by atoms with van der Waals surface area (Å²) >= 11 is 5.77. The molecule has 0 aliphatic carbocycles. The lowest BCUT2D eigenvalue weighted by Gasteiger charge is -2.21. The van der Waals surface area contributed by atoms with Crippen LogP contribution in [0.15, 0.2) is 24.3 Å². The van der Waals surface area contributed by atoms with Gasteiger partial charge >= 0.3 is 12.0 Å². The van der Waals surface area contributed by atoms with Gasteiger partial charge in [-0.1, -0.05) is 23.7 Å². The van der Waals surface area contributed by atoms with Crippen LogP contribution in [0.1, 0.15) is 12.0 Å². The lowest BCUT2D eigenvalue weighted by atomic mass is 10.2. The zero-order valence-electron chi connectivity index (χ0n) is 11.0. The van der Waals surface area contributed by atoms with E-state index < -0.39 is 18.0 Å². The third kappa shape index (κ3) is 5.07. The molecule has 0 unspecified atom stereocenters. The van der Waals surface area contributed by atoms with E-state index in [1.165, 1.54) is 4.90 Å². The number of nitrogens with one attached hydrogen (secondary N) is 1. The molecule has 0 bridgehead atoms. The molecular weight excluding hydrogens is 284 g/mol. The minimum Gasteiger partial charge on any atom is -0.480 e. The van der Waals surface area contributed by atoms with Crippen LogP contribution in [0, 0.1) is 0 Å². The van der Waals surface area contributed by atoms with Gasteiger partial charge in [-0.05, 0) is 17.7 Å². The molecule has 20 heavy (non-hydrogen) atoms. The third-order valence-electron chi connectivity index (χ3n) is 2.69. The highest BCUT2D eigenvalue weighted by atomic mass is 35.5. The molecule has 0 aliphatic heterocycles. The van der Waals surface area contributed by atoms with Crippen LogP contribution in [0.25, 0.3) is 0 Å². The molecule has 1 aromatic carbocycles. The monoisotopic (exact) mass is 300 g/mol. The van der Waals surface area contributed by atoms with Crippen molar-refractivity contribution in [3.8, 4) is 0 Å². The van der Waals surface area contributed by atoms with E-state index in [0.717, 1.165) is 5.56 Å². The van der Waals surface area contributed by atoms with Crippen molar-refractivity contribution in [1.82, 2.24) is 10.2 Å². The number of carboxylic acid groups (broad SMARTS) is 1. The van der Waals surface area contributed by atoms with E-state index in [2.05, 4.69) is 5.32 Å². The number of aliphatic carboxylic acids is 1. The summed E-state index contributed by atoms with van der Waals surface area (Å²) in [7, 11) is 1.56. The van der Waals surface area contributed by atoms with Crippen LogP contribution in [-0.4, -0.2) is 46.8 Å². The lowest BCUT2D eigenvalue weighted by Crippen LogP contribution is -2.46. The number of carboxylic acids is 1. The van der Waals surface area contributed by atoms with Crippen LogP contribution in [0.2, 0.25) is 5.02 Å². The van der Waals surface area contributed by atoms with Crippen molar-refractivity contribution in [2.45, 2.75) is 19.0 Å². The van der Waals surface area contributed by atoms with E-state index in [-0.39, 0.29) is 13.0 Å². The molecule has 110 valence electrons. The third-order valence-corrected chi connectivity index (χ3v) is 2.95. The Hall–Kier alpha value is -1.79. The average Bonchev–Trinajstić information content (AvgIpc) is 2.40. The second-order valence-electron chi connectivity index (χ2n) is 4.34. The van der Waals surface area contributed by atoms with Crippen LogP contribution in [0.3, 0.4) is 0 Å². The maximum atomic E-state index is 11.8. The fraction of sp³-hybridized carbons (Fsp3) is 0.385. The first-order valence-electron chi connectivity index (χ1n) is 6.03. The summed E-state index contributed by atoms with van der Waals surface area (Å²) in [6.07, 6.45) is -0.0319.